The Balaban J connectivity index is 2.43. The van der Waals surface area contributed by atoms with Crippen LogP contribution < -0.4 is 5.30 Å². The fraction of sp³-hybridized carbons (Fsp3) is 0.133. The molecular weight excluding hydrogens is 273 g/mol. The Morgan fingerprint density at radius 1 is 1.05 bits per heavy atom. The highest BCUT2D eigenvalue weighted by atomic mass is 31.2. The molecule has 20 heavy (non-hydrogen) atoms. The third-order valence-electron chi connectivity index (χ3n) is 3.14. The van der Waals surface area contributed by atoms with Crippen LogP contribution in [0.15, 0.2) is 65.8 Å². The summed E-state index contributed by atoms with van der Waals surface area (Å²) >= 11 is 0. The van der Waals surface area contributed by atoms with Gasteiger partial charge in [-0.25, -0.2) is 0 Å². The van der Waals surface area contributed by atoms with E-state index >= 15 is 0 Å². The molecule has 104 valence electrons. The number of nitrogens with zero attached hydrogens (tertiary/aromatic N) is 1. The van der Waals surface area contributed by atoms with Crippen LogP contribution in [-0.4, -0.2) is 16.3 Å². The van der Waals surface area contributed by atoms with Crippen molar-refractivity contribution in [1.82, 2.24) is 0 Å². The molecule has 0 radical (unpaired) electrons. The predicted molar refractivity (Wildman–Crippen MR) is 80.0 cm³/mol. The summed E-state index contributed by atoms with van der Waals surface area (Å²) in [6, 6.07) is 17.7. The standard InChI is InChI=1S/C15H16NO3P/c17-16-12-11-15(13-7-3-1-4-8-13)20(18,19)14-9-5-2-6-10-14/h1-10,12,15,17H,11H2,(H,18,19). The zero-order valence-corrected chi connectivity index (χ0v) is 11.7. The third-order valence-corrected chi connectivity index (χ3v) is 5.54. The third kappa shape index (κ3) is 3.16. The number of benzene rings is 2. The molecule has 0 fully saturated rings. The average Bonchev–Trinajstić information content (AvgIpc) is 2.49. The fourth-order valence-corrected chi connectivity index (χ4v) is 4.04. The van der Waals surface area contributed by atoms with Crippen molar-refractivity contribution in [2.24, 2.45) is 5.16 Å². The Morgan fingerprint density at radius 2 is 1.60 bits per heavy atom. The maximum Gasteiger partial charge on any atom is 0.237 e. The van der Waals surface area contributed by atoms with Gasteiger partial charge in [-0.3, -0.25) is 4.57 Å². The van der Waals surface area contributed by atoms with Gasteiger partial charge >= 0.3 is 0 Å². The van der Waals surface area contributed by atoms with Crippen molar-refractivity contribution in [2.75, 3.05) is 0 Å². The minimum atomic E-state index is -3.61. The van der Waals surface area contributed by atoms with E-state index in [4.69, 9.17) is 5.21 Å². The molecule has 2 atom stereocenters. The fourth-order valence-electron chi connectivity index (χ4n) is 2.12. The first-order valence-electron chi connectivity index (χ1n) is 6.25. The molecule has 0 bridgehead atoms. The van der Waals surface area contributed by atoms with Crippen LogP contribution in [0.2, 0.25) is 0 Å². The lowest BCUT2D eigenvalue weighted by atomic mass is 10.1. The quantitative estimate of drug-likeness (QED) is 0.384. The van der Waals surface area contributed by atoms with Gasteiger partial charge in [0, 0.05) is 17.9 Å². The molecule has 0 aliphatic carbocycles. The second-order valence-electron chi connectivity index (χ2n) is 4.42. The van der Waals surface area contributed by atoms with Crippen LogP contribution in [0.25, 0.3) is 0 Å². The first-order chi connectivity index (χ1) is 9.66. The number of hydrogen-bond donors (Lipinski definition) is 2. The normalized spacial score (nSPS) is 15.8. The maximum absolute atomic E-state index is 12.8. The van der Waals surface area contributed by atoms with Gasteiger partial charge in [0.1, 0.15) is 0 Å². The van der Waals surface area contributed by atoms with Crippen molar-refractivity contribution < 1.29 is 14.7 Å². The van der Waals surface area contributed by atoms with Crippen molar-refractivity contribution in [1.29, 1.82) is 0 Å². The minimum absolute atomic E-state index is 0.198. The van der Waals surface area contributed by atoms with Gasteiger partial charge in [-0.05, 0) is 17.7 Å². The van der Waals surface area contributed by atoms with Gasteiger partial charge in [-0.2, -0.15) is 0 Å². The second kappa shape index (κ2) is 6.51. The molecule has 5 heteroatoms. The van der Waals surface area contributed by atoms with Gasteiger partial charge < -0.3 is 10.1 Å². The van der Waals surface area contributed by atoms with Crippen molar-refractivity contribution in [3.8, 4) is 0 Å². The van der Waals surface area contributed by atoms with Gasteiger partial charge in [0.25, 0.3) is 0 Å². The van der Waals surface area contributed by atoms with Crippen LogP contribution >= 0.6 is 7.37 Å². The molecule has 0 aliphatic rings. The zero-order valence-electron chi connectivity index (χ0n) is 10.8. The van der Waals surface area contributed by atoms with Gasteiger partial charge in [0.2, 0.25) is 7.37 Å². The Hall–Kier alpha value is -1.90. The Kier molecular flexibility index (Phi) is 4.72. The topological polar surface area (TPSA) is 69.9 Å². The van der Waals surface area contributed by atoms with Gasteiger partial charge in [-0.1, -0.05) is 48.5 Å². The number of hydrogen-bond acceptors (Lipinski definition) is 3. The van der Waals surface area contributed by atoms with E-state index in [1.165, 1.54) is 6.21 Å². The number of oxime groups is 1. The van der Waals surface area contributed by atoms with E-state index in [9.17, 15) is 9.46 Å². The maximum atomic E-state index is 12.8. The molecule has 2 aromatic rings. The molecule has 0 heterocycles. The lowest BCUT2D eigenvalue weighted by molar-refractivity contribution is 0.320. The van der Waals surface area contributed by atoms with Crippen LogP contribution in [0.5, 0.6) is 0 Å². The van der Waals surface area contributed by atoms with E-state index in [0.717, 1.165) is 5.56 Å². The molecule has 0 amide bonds. The van der Waals surface area contributed by atoms with Crippen molar-refractivity contribution in [2.45, 2.75) is 12.1 Å². The summed E-state index contributed by atoms with van der Waals surface area (Å²) in [5.41, 5.74) is 0.129. The van der Waals surface area contributed by atoms with Gasteiger partial charge in [-0.15, -0.1) is 5.16 Å². The lowest BCUT2D eigenvalue weighted by Gasteiger charge is -2.22. The SMILES string of the molecule is O=P(O)(c1ccccc1)C(CC=NO)c1ccccc1. The van der Waals surface area contributed by atoms with E-state index in [1.54, 1.807) is 30.3 Å². The molecule has 0 aliphatic heterocycles. The molecule has 0 saturated heterocycles. The Morgan fingerprint density at radius 3 is 2.15 bits per heavy atom. The van der Waals surface area contributed by atoms with Crippen LogP contribution in [0.1, 0.15) is 17.6 Å². The van der Waals surface area contributed by atoms with Gasteiger partial charge in [0.15, 0.2) is 0 Å². The Bertz CT molecular complexity index is 614. The molecule has 0 saturated carbocycles. The first-order valence-corrected chi connectivity index (χ1v) is 7.98. The molecule has 2 unspecified atom stereocenters. The van der Waals surface area contributed by atoms with E-state index in [2.05, 4.69) is 5.16 Å². The summed E-state index contributed by atoms with van der Waals surface area (Å²) in [6.07, 6.45) is 1.45. The summed E-state index contributed by atoms with van der Waals surface area (Å²) in [5, 5.41) is 12.0. The second-order valence-corrected chi connectivity index (χ2v) is 6.80. The summed E-state index contributed by atoms with van der Waals surface area (Å²) in [7, 11) is -3.61. The highest BCUT2D eigenvalue weighted by molar-refractivity contribution is 7.66. The highest BCUT2D eigenvalue weighted by Crippen LogP contribution is 2.55. The predicted octanol–water partition coefficient (Wildman–Crippen LogP) is 3.17. The zero-order chi connectivity index (χ0) is 14.4. The van der Waals surface area contributed by atoms with Crippen LogP contribution in [-0.2, 0) is 4.57 Å². The smallest absolute Gasteiger partial charge is 0.237 e. The molecular formula is C15H16NO3P. The molecule has 2 N–H and O–H groups in total. The minimum Gasteiger partial charge on any atom is -0.411 e. The number of rotatable bonds is 5. The van der Waals surface area contributed by atoms with E-state index in [0.29, 0.717) is 5.30 Å². The van der Waals surface area contributed by atoms with Crippen LogP contribution in [0, 0.1) is 0 Å². The van der Waals surface area contributed by atoms with Crippen molar-refractivity contribution in [3.63, 3.8) is 0 Å². The van der Waals surface area contributed by atoms with Crippen LogP contribution in [0.4, 0.5) is 0 Å². The van der Waals surface area contributed by atoms with Crippen molar-refractivity contribution in [3.05, 3.63) is 66.2 Å². The summed E-state index contributed by atoms with van der Waals surface area (Å²) in [5.74, 6) is 0. The largest absolute Gasteiger partial charge is 0.411 e. The summed E-state index contributed by atoms with van der Waals surface area (Å²) in [6.45, 7) is 0. The molecule has 4 nitrogen and oxygen atoms in total. The van der Waals surface area contributed by atoms with Crippen LogP contribution in [0.3, 0.4) is 0 Å². The van der Waals surface area contributed by atoms with Gasteiger partial charge in [0.05, 0.1) is 5.66 Å². The van der Waals surface area contributed by atoms with E-state index in [1.807, 2.05) is 30.3 Å². The average molecular weight is 289 g/mol. The monoisotopic (exact) mass is 289 g/mol. The molecule has 0 aromatic heterocycles. The Labute approximate surface area is 117 Å². The summed E-state index contributed by atoms with van der Waals surface area (Å²) < 4.78 is 12.8. The molecule has 0 spiro atoms. The molecule has 2 aromatic carbocycles. The lowest BCUT2D eigenvalue weighted by Crippen LogP contribution is -2.12. The molecule has 2 rings (SSSR count). The van der Waals surface area contributed by atoms with E-state index in [-0.39, 0.29) is 6.42 Å². The highest BCUT2D eigenvalue weighted by Gasteiger charge is 2.33. The summed E-state index contributed by atoms with van der Waals surface area (Å²) in [4.78, 5) is 10.5. The van der Waals surface area contributed by atoms with E-state index < -0.39 is 13.0 Å². The first kappa shape index (κ1) is 14.5. The van der Waals surface area contributed by atoms with Crippen molar-refractivity contribution >= 4 is 18.9 Å².